The lowest BCUT2D eigenvalue weighted by molar-refractivity contribution is -0.386. The number of rotatable bonds is 5. The van der Waals surface area contributed by atoms with Gasteiger partial charge >= 0.3 is 5.97 Å². The Morgan fingerprint density at radius 1 is 1.33 bits per heavy atom. The summed E-state index contributed by atoms with van der Waals surface area (Å²) in [7, 11) is 0. The van der Waals surface area contributed by atoms with Gasteiger partial charge in [0.1, 0.15) is 6.10 Å². The van der Waals surface area contributed by atoms with Crippen molar-refractivity contribution >= 4 is 11.7 Å². The second-order valence-electron chi connectivity index (χ2n) is 4.49. The summed E-state index contributed by atoms with van der Waals surface area (Å²) in [6.07, 6.45) is 2.59. The molecule has 1 aromatic heterocycles. The number of ether oxygens (including phenoxy) is 1. The molecule has 108 valence electrons. The number of carbonyl (C=O) groups is 1. The number of hydrogen-bond donors (Lipinski definition) is 0. The van der Waals surface area contributed by atoms with Gasteiger partial charge in [0.05, 0.1) is 16.9 Å². The quantitative estimate of drug-likeness (QED) is 0.479. The third-order valence-electron chi connectivity index (χ3n) is 2.95. The van der Waals surface area contributed by atoms with E-state index in [4.69, 9.17) is 4.74 Å². The van der Waals surface area contributed by atoms with Gasteiger partial charge in [0.2, 0.25) is 0 Å². The van der Waals surface area contributed by atoms with Crippen molar-refractivity contribution in [3.05, 3.63) is 70.0 Å². The van der Waals surface area contributed by atoms with Crippen LogP contribution in [-0.4, -0.2) is 15.9 Å². The molecule has 6 heteroatoms. The molecule has 0 saturated carbocycles. The van der Waals surface area contributed by atoms with E-state index in [9.17, 15) is 14.9 Å². The second kappa shape index (κ2) is 6.60. The third kappa shape index (κ3) is 3.85. The fourth-order valence-corrected chi connectivity index (χ4v) is 1.97. The number of aromatic nitrogens is 1. The van der Waals surface area contributed by atoms with Crippen LogP contribution in [0.2, 0.25) is 0 Å². The Morgan fingerprint density at radius 3 is 2.76 bits per heavy atom. The molecule has 0 saturated heterocycles. The third-order valence-corrected chi connectivity index (χ3v) is 2.95. The predicted octanol–water partition coefficient (Wildman–Crippen LogP) is 2.84. The number of hydrogen-bond acceptors (Lipinski definition) is 5. The van der Waals surface area contributed by atoms with Gasteiger partial charge < -0.3 is 4.74 Å². The molecule has 0 amide bonds. The first-order chi connectivity index (χ1) is 10.1. The molecule has 0 radical (unpaired) electrons. The zero-order valence-corrected chi connectivity index (χ0v) is 11.4. The largest absolute Gasteiger partial charge is 0.457 e. The van der Waals surface area contributed by atoms with Gasteiger partial charge in [0.25, 0.3) is 5.69 Å². The molecule has 0 aliphatic heterocycles. The van der Waals surface area contributed by atoms with Crippen molar-refractivity contribution in [3.63, 3.8) is 0 Å². The average Bonchev–Trinajstić information content (AvgIpc) is 2.48. The fourth-order valence-electron chi connectivity index (χ4n) is 1.97. The van der Waals surface area contributed by atoms with Gasteiger partial charge in [-0.15, -0.1) is 0 Å². The Hall–Kier alpha value is -2.76. The highest BCUT2D eigenvalue weighted by atomic mass is 16.6. The molecule has 2 rings (SSSR count). The number of benzene rings is 1. The van der Waals surface area contributed by atoms with Crippen LogP contribution in [0.25, 0.3) is 0 Å². The number of para-hydroxylation sites is 1. The fraction of sp³-hybridized carbons (Fsp3) is 0.200. The van der Waals surface area contributed by atoms with Crippen LogP contribution in [0.1, 0.15) is 24.2 Å². The first-order valence-corrected chi connectivity index (χ1v) is 6.39. The first-order valence-electron chi connectivity index (χ1n) is 6.39. The van der Waals surface area contributed by atoms with Crippen LogP contribution < -0.4 is 0 Å². The summed E-state index contributed by atoms with van der Waals surface area (Å²) in [6.45, 7) is 1.61. The van der Waals surface area contributed by atoms with Crippen molar-refractivity contribution in [2.45, 2.75) is 19.4 Å². The second-order valence-corrected chi connectivity index (χ2v) is 4.49. The van der Waals surface area contributed by atoms with Crippen LogP contribution in [0, 0.1) is 10.1 Å². The van der Waals surface area contributed by atoms with Gasteiger partial charge in [-0.3, -0.25) is 19.9 Å². The zero-order valence-electron chi connectivity index (χ0n) is 11.4. The number of esters is 1. The molecule has 0 aliphatic rings. The molecule has 0 spiro atoms. The molecule has 2 aromatic rings. The van der Waals surface area contributed by atoms with Crippen LogP contribution in [0.5, 0.6) is 0 Å². The first kappa shape index (κ1) is 14.6. The maximum absolute atomic E-state index is 11.9. The van der Waals surface area contributed by atoms with E-state index in [2.05, 4.69) is 4.98 Å². The molecule has 1 heterocycles. The summed E-state index contributed by atoms with van der Waals surface area (Å²) in [5.74, 6) is -0.450. The number of pyridine rings is 1. The van der Waals surface area contributed by atoms with Gasteiger partial charge in [-0.05, 0) is 24.6 Å². The minimum Gasteiger partial charge on any atom is -0.457 e. The maximum atomic E-state index is 11.9. The van der Waals surface area contributed by atoms with Crippen LogP contribution in [-0.2, 0) is 16.0 Å². The SMILES string of the molecule is CC(OC(=O)Cc1cccnc1)c1ccccc1[N+](=O)[O-]. The van der Waals surface area contributed by atoms with E-state index in [1.54, 1.807) is 49.6 Å². The molecule has 1 aromatic carbocycles. The van der Waals surface area contributed by atoms with Gasteiger partial charge in [-0.25, -0.2) is 0 Å². The minimum absolute atomic E-state index is 0.0563. The van der Waals surface area contributed by atoms with Gasteiger partial charge in [-0.2, -0.15) is 0 Å². The molecule has 0 fully saturated rings. The summed E-state index contributed by atoms with van der Waals surface area (Å²) >= 11 is 0. The Balaban J connectivity index is 2.06. The monoisotopic (exact) mass is 286 g/mol. The lowest BCUT2D eigenvalue weighted by Gasteiger charge is -2.13. The van der Waals surface area contributed by atoms with Crippen molar-refractivity contribution in [1.29, 1.82) is 0 Å². The number of nitrogens with zero attached hydrogens (tertiary/aromatic N) is 2. The normalized spacial score (nSPS) is 11.7. The predicted molar refractivity (Wildman–Crippen MR) is 75.5 cm³/mol. The number of nitro benzene ring substituents is 1. The van der Waals surface area contributed by atoms with E-state index in [-0.39, 0.29) is 12.1 Å². The standard InChI is InChI=1S/C15H14N2O4/c1-11(13-6-2-3-7-14(13)17(19)20)21-15(18)9-12-5-4-8-16-10-12/h2-8,10-11H,9H2,1H3. The number of nitro groups is 1. The summed E-state index contributed by atoms with van der Waals surface area (Å²) < 4.78 is 5.26. The van der Waals surface area contributed by atoms with E-state index in [1.165, 1.54) is 6.07 Å². The summed E-state index contributed by atoms with van der Waals surface area (Å²) in [5, 5.41) is 11.0. The molecule has 0 aliphatic carbocycles. The Kier molecular flexibility index (Phi) is 4.61. The van der Waals surface area contributed by atoms with E-state index in [0.29, 0.717) is 5.56 Å². The van der Waals surface area contributed by atoms with Crippen molar-refractivity contribution in [3.8, 4) is 0 Å². The Labute approximate surface area is 121 Å². The lowest BCUT2D eigenvalue weighted by Crippen LogP contribution is -2.12. The van der Waals surface area contributed by atoms with E-state index < -0.39 is 17.0 Å². The Morgan fingerprint density at radius 2 is 2.10 bits per heavy atom. The molecule has 21 heavy (non-hydrogen) atoms. The highest BCUT2D eigenvalue weighted by Crippen LogP contribution is 2.27. The van der Waals surface area contributed by atoms with E-state index in [1.807, 2.05) is 0 Å². The maximum Gasteiger partial charge on any atom is 0.310 e. The van der Waals surface area contributed by atoms with Crippen LogP contribution in [0.4, 0.5) is 5.69 Å². The summed E-state index contributed by atoms with van der Waals surface area (Å²) in [4.78, 5) is 26.2. The molecule has 1 unspecified atom stereocenters. The molecule has 1 atom stereocenters. The highest BCUT2D eigenvalue weighted by Gasteiger charge is 2.21. The van der Waals surface area contributed by atoms with Crippen LogP contribution in [0.15, 0.2) is 48.8 Å². The van der Waals surface area contributed by atoms with Gasteiger partial charge in [-0.1, -0.05) is 18.2 Å². The van der Waals surface area contributed by atoms with E-state index in [0.717, 1.165) is 5.56 Å². The summed E-state index contributed by atoms with van der Waals surface area (Å²) in [5.41, 5.74) is 1.05. The molecule has 0 N–H and O–H groups in total. The van der Waals surface area contributed by atoms with Gasteiger partial charge in [0, 0.05) is 18.5 Å². The van der Waals surface area contributed by atoms with Crippen molar-refractivity contribution in [2.24, 2.45) is 0 Å². The molecule has 6 nitrogen and oxygen atoms in total. The van der Waals surface area contributed by atoms with Crippen LogP contribution >= 0.6 is 0 Å². The van der Waals surface area contributed by atoms with Crippen molar-refractivity contribution in [1.82, 2.24) is 4.98 Å². The highest BCUT2D eigenvalue weighted by molar-refractivity contribution is 5.72. The van der Waals surface area contributed by atoms with Gasteiger partial charge in [0.15, 0.2) is 0 Å². The van der Waals surface area contributed by atoms with Crippen molar-refractivity contribution in [2.75, 3.05) is 0 Å². The minimum atomic E-state index is -0.684. The average molecular weight is 286 g/mol. The lowest BCUT2D eigenvalue weighted by atomic mass is 10.1. The number of carbonyl (C=O) groups excluding carboxylic acids is 1. The smallest absolute Gasteiger partial charge is 0.310 e. The van der Waals surface area contributed by atoms with Crippen molar-refractivity contribution < 1.29 is 14.5 Å². The topological polar surface area (TPSA) is 82.3 Å². The molecule has 0 bridgehead atoms. The summed E-state index contributed by atoms with van der Waals surface area (Å²) in [6, 6.07) is 9.72. The Bertz CT molecular complexity index is 643. The zero-order chi connectivity index (χ0) is 15.2. The molecular weight excluding hydrogens is 272 g/mol. The van der Waals surface area contributed by atoms with Crippen LogP contribution in [0.3, 0.4) is 0 Å². The molecular formula is C15H14N2O4. The van der Waals surface area contributed by atoms with E-state index >= 15 is 0 Å².